The third-order valence-electron chi connectivity index (χ3n) is 2.64. The minimum absolute atomic E-state index is 0.184. The number of hydrogen-bond donors (Lipinski definition) is 0. The molecule has 0 aliphatic rings. The summed E-state index contributed by atoms with van der Waals surface area (Å²) in [5, 5.41) is 7.64. The molecule has 0 aliphatic carbocycles. The van der Waals surface area contributed by atoms with Crippen molar-refractivity contribution in [3.63, 3.8) is 0 Å². The van der Waals surface area contributed by atoms with Crippen LogP contribution in [0.5, 0.6) is 5.75 Å². The number of thioether (sulfide) groups is 1. The van der Waals surface area contributed by atoms with E-state index in [1.807, 2.05) is 31.2 Å². The molecule has 112 valence electrons. The maximum Gasteiger partial charge on any atom is 0.319 e. The van der Waals surface area contributed by atoms with Gasteiger partial charge in [-0.1, -0.05) is 29.5 Å². The number of nitrogens with zero attached hydrogens (tertiary/aromatic N) is 2. The summed E-state index contributed by atoms with van der Waals surface area (Å²) in [6.07, 6.45) is 0. The minimum atomic E-state index is -0.402. The molecule has 2 rings (SSSR count). The first-order valence-corrected chi connectivity index (χ1v) is 7.23. The van der Waals surface area contributed by atoms with E-state index in [0.717, 1.165) is 23.1 Å². The number of aromatic nitrogens is 2. The molecule has 0 bridgehead atoms. The lowest BCUT2D eigenvalue weighted by atomic mass is 10.2. The van der Waals surface area contributed by atoms with Crippen LogP contribution in [0, 0.1) is 6.92 Å². The zero-order valence-electron chi connectivity index (χ0n) is 12.0. The summed E-state index contributed by atoms with van der Waals surface area (Å²) in [6, 6.07) is 7.67. The van der Waals surface area contributed by atoms with E-state index in [-0.39, 0.29) is 12.6 Å². The summed E-state index contributed by atoms with van der Waals surface area (Å²) < 4.78 is 15.6. The Morgan fingerprint density at radius 2 is 2.05 bits per heavy atom. The fourth-order valence-electron chi connectivity index (χ4n) is 1.49. The predicted octanol–water partition coefficient (Wildman–Crippen LogP) is 2.61. The lowest BCUT2D eigenvalue weighted by Gasteiger charge is -2.04. The van der Waals surface area contributed by atoms with E-state index in [9.17, 15) is 4.79 Å². The summed E-state index contributed by atoms with van der Waals surface area (Å²) in [5.74, 6) is 0.752. The monoisotopic (exact) mass is 308 g/mol. The molecule has 0 aliphatic heterocycles. The van der Waals surface area contributed by atoms with Crippen molar-refractivity contribution in [3.8, 4) is 5.75 Å². The maximum absolute atomic E-state index is 11.3. The molecule has 6 nitrogen and oxygen atoms in total. The second-order valence-corrected chi connectivity index (χ2v) is 5.64. The molecule has 0 fully saturated rings. The van der Waals surface area contributed by atoms with Crippen molar-refractivity contribution in [1.82, 2.24) is 10.2 Å². The number of ether oxygens (including phenoxy) is 2. The minimum Gasteiger partial charge on any atom is -0.484 e. The highest BCUT2D eigenvalue weighted by atomic mass is 32.2. The molecule has 0 spiro atoms. The summed E-state index contributed by atoms with van der Waals surface area (Å²) in [4.78, 5) is 11.3. The van der Waals surface area contributed by atoms with E-state index in [1.54, 1.807) is 6.92 Å². The molecule has 1 heterocycles. The Kier molecular flexibility index (Phi) is 5.21. The number of aryl methyl sites for hydroxylation is 1. The van der Waals surface area contributed by atoms with Crippen LogP contribution in [0.3, 0.4) is 0 Å². The van der Waals surface area contributed by atoms with Crippen LogP contribution in [-0.4, -0.2) is 28.5 Å². The molecule has 1 aromatic carbocycles. The van der Waals surface area contributed by atoms with Gasteiger partial charge in [0, 0.05) is 0 Å². The number of benzene rings is 1. The first kappa shape index (κ1) is 15.4. The van der Waals surface area contributed by atoms with Crippen molar-refractivity contribution in [3.05, 3.63) is 35.7 Å². The molecule has 0 unspecified atom stereocenters. The van der Waals surface area contributed by atoms with E-state index in [0.29, 0.717) is 11.1 Å². The molecule has 0 saturated carbocycles. The number of carbonyl (C=O) groups is 1. The van der Waals surface area contributed by atoms with Crippen molar-refractivity contribution in [2.75, 3.05) is 7.11 Å². The van der Waals surface area contributed by atoms with E-state index < -0.39 is 5.25 Å². The second kappa shape index (κ2) is 7.12. The van der Waals surface area contributed by atoms with Gasteiger partial charge in [-0.15, -0.1) is 10.2 Å². The van der Waals surface area contributed by atoms with Gasteiger partial charge in [0.05, 0.1) is 7.11 Å². The van der Waals surface area contributed by atoms with Crippen LogP contribution >= 0.6 is 11.8 Å². The Morgan fingerprint density at radius 3 is 2.71 bits per heavy atom. The van der Waals surface area contributed by atoms with E-state index >= 15 is 0 Å². The average molecular weight is 308 g/mol. The van der Waals surface area contributed by atoms with Gasteiger partial charge in [-0.05, 0) is 26.0 Å². The van der Waals surface area contributed by atoms with Crippen LogP contribution in [0.15, 0.2) is 33.9 Å². The molecular formula is C14H16N2O4S. The topological polar surface area (TPSA) is 74.5 Å². The number of hydrogen-bond acceptors (Lipinski definition) is 7. The van der Waals surface area contributed by atoms with Crippen molar-refractivity contribution < 1.29 is 18.7 Å². The van der Waals surface area contributed by atoms with Gasteiger partial charge < -0.3 is 13.9 Å². The van der Waals surface area contributed by atoms with E-state index in [1.165, 1.54) is 7.11 Å². The molecule has 1 aromatic heterocycles. The van der Waals surface area contributed by atoms with Crippen molar-refractivity contribution >= 4 is 17.7 Å². The SMILES string of the molecule is COC(=O)[C@H](C)Sc1nnc(COc2ccc(C)cc2)o1. The van der Waals surface area contributed by atoms with Gasteiger partial charge in [0.15, 0.2) is 6.61 Å². The summed E-state index contributed by atoms with van der Waals surface area (Å²) in [7, 11) is 1.34. The summed E-state index contributed by atoms with van der Waals surface area (Å²) in [6.45, 7) is 3.90. The molecule has 1 atom stereocenters. The first-order valence-electron chi connectivity index (χ1n) is 6.35. The van der Waals surface area contributed by atoms with Gasteiger partial charge in [0.1, 0.15) is 11.0 Å². The van der Waals surface area contributed by atoms with Crippen LogP contribution in [0.1, 0.15) is 18.4 Å². The van der Waals surface area contributed by atoms with Crippen LogP contribution in [-0.2, 0) is 16.1 Å². The fourth-order valence-corrected chi connectivity index (χ4v) is 2.22. The standard InChI is InChI=1S/C14H16N2O4S/c1-9-4-6-11(7-5-9)19-8-12-15-16-14(20-12)21-10(2)13(17)18-3/h4-7,10H,8H2,1-3H3/t10-/m0/s1. The largest absolute Gasteiger partial charge is 0.484 e. The highest BCUT2D eigenvalue weighted by molar-refractivity contribution is 8.00. The average Bonchev–Trinajstić information content (AvgIpc) is 2.93. The summed E-state index contributed by atoms with van der Waals surface area (Å²) in [5.41, 5.74) is 1.16. The highest BCUT2D eigenvalue weighted by Crippen LogP contribution is 2.23. The van der Waals surface area contributed by atoms with Gasteiger partial charge in [-0.25, -0.2) is 0 Å². The van der Waals surface area contributed by atoms with Crippen LogP contribution < -0.4 is 4.74 Å². The molecular weight excluding hydrogens is 292 g/mol. The molecule has 7 heteroatoms. The summed E-state index contributed by atoms with van der Waals surface area (Å²) >= 11 is 1.15. The van der Waals surface area contributed by atoms with E-state index in [2.05, 4.69) is 14.9 Å². The number of esters is 1. The van der Waals surface area contributed by atoms with Crippen LogP contribution in [0.25, 0.3) is 0 Å². The van der Waals surface area contributed by atoms with Gasteiger partial charge in [0.25, 0.3) is 11.1 Å². The molecule has 0 amide bonds. The fraction of sp³-hybridized carbons (Fsp3) is 0.357. The Balaban J connectivity index is 1.88. The van der Waals surface area contributed by atoms with Gasteiger partial charge in [-0.2, -0.15) is 0 Å². The Morgan fingerprint density at radius 1 is 1.33 bits per heavy atom. The van der Waals surface area contributed by atoms with Crippen molar-refractivity contribution in [2.45, 2.75) is 30.9 Å². The number of carbonyl (C=O) groups excluding carboxylic acids is 1. The van der Waals surface area contributed by atoms with Crippen LogP contribution in [0.2, 0.25) is 0 Å². The second-order valence-electron chi connectivity index (χ2n) is 4.35. The van der Waals surface area contributed by atoms with Crippen LogP contribution in [0.4, 0.5) is 0 Å². The van der Waals surface area contributed by atoms with Gasteiger partial charge >= 0.3 is 5.97 Å². The zero-order valence-corrected chi connectivity index (χ0v) is 12.8. The molecule has 0 N–H and O–H groups in total. The predicted molar refractivity (Wildman–Crippen MR) is 77.1 cm³/mol. The Labute approximate surface area is 126 Å². The lowest BCUT2D eigenvalue weighted by molar-refractivity contribution is -0.139. The van der Waals surface area contributed by atoms with Gasteiger partial charge in [-0.3, -0.25) is 4.79 Å². The zero-order chi connectivity index (χ0) is 15.2. The maximum atomic E-state index is 11.3. The lowest BCUT2D eigenvalue weighted by Crippen LogP contribution is -2.14. The number of rotatable bonds is 6. The highest BCUT2D eigenvalue weighted by Gasteiger charge is 2.18. The first-order chi connectivity index (χ1) is 10.1. The van der Waals surface area contributed by atoms with Gasteiger partial charge in [0.2, 0.25) is 0 Å². The molecule has 21 heavy (non-hydrogen) atoms. The third-order valence-corrected chi connectivity index (χ3v) is 3.55. The molecule has 0 radical (unpaired) electrons. The third kappa shape index (κ3) is 4.49. The van der Waals surface area contributed by atoms with E-state index in [4.69, 9.17) is 9.15 Å². The molecule has 0 saturated heterocycles. The Bertz CT molecular complexity index is 597. The number of methoxy groups -OCH3 is 1. The quantitative estimate of drug-likeness (QED) is 0.599. The Hall–Kier alpha value is -2.02. The van der Waals surface area contributed by atoms with Crippen molar-refractivity contribution in [2.24, 2.45) is 0 Å². The smallest absolute Gasteiger partial charge is 0.319 e. The van der Waals surface area contributed by atoms with Crippen molar-refractivity contribution in [1.29, 1.82) is 0 Å². The molecule has 2 aromatic rings. The normalized spacial score (nSPS) is 12.0.